The highest BCUT2D eigenvalue weighted by Gasteiger charge is 2.43. The Hall–Kier alpha value is -3.52. The highest BCUT2D eigenvalue weighted by molar-refractivity contribution is 6.22. The van der Waals surface area contributed by atoms with E-state index in [-0.39, 0.29) is 35.5 Å². The van der Waals surface area contributed by atoms with Gasteiger partial charge in [-0.2, -0.15) is 0 Å². The predicted molar refractivity (Wildman–Crippen MR) is 120 cm³/mol. The van der Waals surface area contributed by atoms with Crippen molar-refractivity contribution in [1.82, 2.24) is 10.2 Å². The molecule has 0 saturated carbocycles. The molecule has 1 aliphatic rings. The van der Waals surface area contributed by atoms with Crippen LogP contribution >= 0.6 is 0 Å². The molecular weight excluding hydrogens is 408 g/mol. The lowest BCUT2D eigenvalue weighted by molar-refractivity contribution is -0.140. The Morgan fingerprint density at radius 2 is 1.72 bits per heavy atom. The van der Waals surface area contributed by atoms with Crippen LogP contribution in [0.15, 0.2) is 42.5 Å². The van der Waals surface area contributed by atoms with E-state index in [1.54, 1.807) is 43.3 Å². The molecule has 2 aromatic carbocycles. The summed E-state index contributed by atoms with van der Waals surface area (Å²) < 4.78 is 5.52. The number of ether oxygens (including phenoxy) is 1. The minimum absolute atomic E-state index is 0.0442. The van der Waals surface area contributed by atoms with E-state index in [1.807, 2.05) is 26.8 Å². The molecule has 3 amide bonds. The smallest absolute Gasteiger partial charge is 0.271 e. The number of nitrogens with zero attached hydrogens (tertiary/aromatic N) is 1. The van der Waals surface area contributed by atoms with Gasteiger partial charge in [-0.1, -0.05) is 51.1 Å². The van der Waals surface area contributed by atoms with Gasteiger partial charge in [0.25, 0.3) is 17.7 Å². The standard InChI is InChI=1S/C24H28N4O4/c1-5-32-23(20(29)27-13-14-6-8-15(9-7-14)19(25)26)28-21(30)17-11-10-16(24(2,3)4)12-18(17)22(28)31/h6-12,23H,5,13H2,1-4H3,(H3,25,26)(H,27,29). The number of rotatable bonds is 7. The second kappa shape index (κ2) is 8.92. The Bertz CT molecular complexity index is 1070. The molecule has 8 nitrogen and oxygen atoms in total. The van der Waals surface area contributed by atoms with Crippen molar-refractivity contribution in [1.29, 1.82) is 5.41 Å². The van der Waals surface area contributed by atoms with E-state index in [2.05, 4.69) is 5.32 Å². The van der Waals surface area contributed by atoms with Gasteiger partial charge in [0.15, 0.2) is 0 Å². The van der Waals surface area contributed by atoms with Crippen molar-refractivity contribution < 1.29 is 19.1 Å². The Balaban J connectivity index is 1.79. The minimum atomic E-state index is -1.37. The second-order valence-corrected chi connectivity index (χ2v) is 8.63. The third kappa shape index (κ3) is 4.55. The van der Waals surface area contributed by atoms with Gasteiger partial charge in [-0.15, -0.1) is 0 Å². The number of hydrogen-bond donors (Lipinski definition) is 3. The van der Waals surface area contributed by atoms with Crippen LogP contribution in [0.3, 0.4) is 0 Å². The molecule has 4 N–H and O–H groups in total. The van der Waals surface area contributed by atoms with E-state index in [1.165, 1.54) is 0 Å². The van der Waals surface area contributed by atoms with Gasteiger partial charge in [-0.25, -0.2) is 4.90 Å². The summed E-state index contributed by atoms with van der Waals surface area (Å²) in [6.45, 7) is 8.06. The number of fused-ring (bicyclic) bond motifs is 1. The maximum atomic E-state index is 13.1. The zero-order chi connectivity index (χ0) is 23.6. The maximum Gasteiger partial charge on any atom is 0.271 e. The van der Waals surface area contributed by atoms with E-state index in [0.29, 0.717) is 5.56 Å². The zero-order valence-corrected chi connectivity index (χ0v) is 18.7. The maximum absolute atomic E-state index is 13.1. The predicted octanol–water partition coefficient (Wildman–Crippen LogP) is 2.54. The number of carbonyl (C=O) groups is 3. The summed E-state index contributed by atoms with van der Waals surface area (Å²) in [5, 5.41) is 10.2. The average molecular weight is 437 g/mol. The van der Waals surface area contributed by atoms with Gasteiger partial charge < -0.3 is 15.8 Å². The van der Waals surface area contributed by atoms with Gasteiger partial charge in [0.05, 0.1) is 11.1 Å². The van der Waals surface area contributed by atoms with Gasteiger partial charge >= 0.3 is 0 Å². The van der Waals surface area contributed by atoms with Crippen molar-refractivity contribution in [3.8, 4) is 0 Å². The van der Waals surface area contributed by atoms with Gasteiger partial charge in [0.1, 0.15) is 5.84 Å². The van der Waals surface area contributed by atoms with Crippen LogP contribution in [0.4, 0.5) is 0 Å². The first kappa shape index (κ1) is 23.1. The minimum Gasteiger partial charge on any atom is -0.384 e. The molecule has 1 aliphatic heterocycles. The monoisotopic (exact) mass is 436 g/mol. The number of carbonyl (C=O) groups excluding carboxylic acids is 3. The Morgan fingerprint density at radius 3 is 2.28 bits per heavy atom. The first-order valence-electron chi connectivity index (χ1n) is 10.4. The molecule has 1 unspecified atom stereocenters. The van der Waals surface area contributed by atoms with Crippen LogP contribution in [-0.4, -0.2) is 41.3 Å². The summed E-state index contributed by atoms with van der Waals surface area (Å²) in [6, 6.07) is 12.0. The molecule has 0 fully saturated rings. The van der Waals surface area contributed by atoms with Gasteiger partial charge in [-0.05, 0) is 35.6 Å². The van der Waals surface area contributed by atoms with E-state index in [4.69, 9.17) is 15.9 Å². The van der Waals surface area contributed by atoms with E-state index < -0.39 is 23.9 Å². The molecule has 0 radical (unpaired) electrons. The average Bonchev–Trinajstić information content (AvgIpc) is 2.99. The fraction of sp³-hybridized carbons (Fsp3) is 0.333. The van der Waals surface area contributed by atoms with Crippen LogP contribution in [0.5, 0.6) is 0 Å². The Kier molecular flexibility index (Phi) is 6.45. The van der Waals surface area contributed by atoms with Gasteiger partial charge in [0, 0.05) is 18.7 Å². The lowest BCUT2D eigenvalue weighted by Gasteiger charge is -2.25. The molecule has 32 heavy (non-hydrogen) atoms. The van der Waals surface area contributed by atoms with Crippen LogP contribution in [0.25, 0.3) is 0 Å². The molecule has 168 valence electrons. The van der Waals surface area contributed by atoms with E-state index in [9.17, 15) is 14.4 Å². The number of hydrogen-bond acceptors (Lipinski definition) is 5. The SMILES string of the molecule is CCOC(C(=O)NCc1ccc(C(=N)N)cc1)N1C(=O)c2ccc(C(C)(C)C)cc2C1=O. The molecule has 8 heteroatoms. The number of amidine groups is 1. The molecule has 2 aromatic rings. The molecule has 0 bridgehead atoms. The normalized spacial score (nSPS) is 14.3. The second-order valence-electron chi connectivity index (χ2n) is 8.63. The Morgan fingerprint density at radius 1 is 1.09 bits per heavy atom. The molecular formula is C24H28N4O4. The van der Waals surface area contributed by atoms with Crippen LogP contribution in [0, 0.1) is 5.41 Å². The van der Waals surface area contributed by atoms with Crippen molar-refractivity contribution in [2.24, 2.45) is 5.73 Å². The molecule has 3 rings (SSSR count). The number of nitrogens with two attached hydrogens (primary N) is 1. The van der Waals surface area contributed by atoms with Crippen molar-refractivity contribution in [3.63, 3.8) is 0 Å². The highest BCUT2D eigenvalue weighted by atomic mass is 16.5. The molecule has 1 atom stereocenters. The highest BCUT2D eigenvalue weighted by Crippen LogP contribution is 2.30. The van der Waals surface area contributed by atoms with Gasteiger partial charge in [0.2, 0.25) is 6.23 Å². The molecule has 0 spiro atoms. The summed E-state index contributed by atoms with van der Waals surface area (Å²) in [5.41, 5.74) is 8.07. The third-order valence-corrected chi connectivity index (χ3v) is 5.30. The topological polar surface area (TPSA) is 126 Å². The van der Waals surface area contributed by atoms with Crippen molar-refractivity contribution in [2.45, 2.75) is 45.9 Å². The third-order valence-electron chi connectivity index (χ3n) is 5.30. The van der Waals surface area contributed by atoms with E-state index >= 15 is 0 Å². The van der Waals surface area contributed by atoms with Crippen molar-refractivity contribution in [3.05, 3.63) is 70.3 Å². The van der Waals surface area contributed by atoms with Crippen LogP contribution < -0.4 is 11.1 Å². The Labute approximate surface area is 187 Å². The lowest BCUT2D eigenvalue weighted by Crippen LogP contribution is -2.51. The molecule has 0 saturated heterocycles. The number of nitrogen functional groups attached to an aromatic ring is 1. The fourth-order valence-electron chi connectivity index (χ4n) is 3.44. The number of benzene rings is 2. The summed E-state index contributed by atoms with van der Waals surface area (Å²) in [7, 11) is 0. The lowest BCUT2D eigenvalue weighted by atomic mass is 9.85. The summed E-state index contributed by atoms with van der Waals surface area (Å²) >= 11 is 0. The van der Waals surface area contributed by atoms with Crippen molar-refractivity contribution in [2.75, 3.05) is 6.61 Å². The largest absolute Gasteiger partial charge is 0.384 e. The quantitative estimate of drug-likeness (QED) is 0.349. The van der Waals surface area contributed by atoms with Crippen LogP contribution in [-0.2, 0) is 21.5 Å². The summed E-state index contributed by atoms with van der Waals surface area (Å²) in [5.74, 6) is -1.73. The van der Waals surface area contributed by atoms with Crippen LogP contribution in [0.1, 0.15) is 65.1 Å². The molecule has 0 aromatic heterocycles. The zero-order valence-electron chi connectivity index (χ0n) is 18.7. The first-order valence-corrected chi connectivity index (χ1v) is 10.4. The first-order chi connectivity index (χ1) is 15.0. The number of imide groups is 1. The van der Waals surface area contributed by atoms with Crippen molar-refractivity contribution >= 4 is 23.6 Å². The van der Waals surface area contributed by atoms with Gasteiger partial charge in [-0.3, -0.25) is 19.8 Å². The number of nitrogens with one attached hydrogen (secondary N) is 2. The summed E-state index contributed by atoms with van der Waals surface area (Å²) in [6.07, 6.45) is -1.37. The van der Waals surface area contributed by atoms with E-state index in [0.717, 1.165) is 16.0 Å². The molecule has 1 heterocycles. The summed E-state index contributed by atoms with van der Waals surface area (Å²) in [4.78, 5) is 39.9. The number of amides is 3. The fourth-order valence-corrected chi connectivity index (χ4v) is 3.44. The molecule has 0 aliphatic carbocycles. The van der Waals surface area contributed by atoms with Crippen LogP contribution in [0.2, 0.25) is 0 Å².